The summed E-state index contributed by atoms with van der Waals surface area (Å²) >= 11 is 5.81. The topological polar surface area (TPSA) is 47.0 Å². The van der Waals surface area contributed by atoms with Crippen LogP contribution in [0, 0.1) is 5.82 Å². The van der Waals surface area contributed by atoms with Crippen molar-refractivity contribution in [2.24, 2.45) is 0 Å². The normalized spacial score (nSPS) is 11.3. The highest BCUT2D eigenvalue weighted by Crippen LogP contribution is 2.29. The summed E-state index contributed by atoms with van der Waals surface area (Å²) in [6.07, 6.45) is -3.51. The second-order valence-electron chi connectivity index (χ2n) is 5.82. The van der Waals surface area contributed by atoms with E-state index in [1.54, 1.807) is 24.3 Å². The minimum atomic E-state index is -4.44. The van der Waals surface area contributed by atoms with E-state index >= 15 is 0 Å². The molecule has 0 spiro atoms. The zero-order chi connectivity index (χ0) is 20.1. The number of rotatable bonds is 6. The fourth-order valence-corrected chi connectivity index (χ4v) is 2.44. The van der Waals surface area contributed by atoms with Crippen LogP contribution < -0.4 is 10.1 Å². The molecule has 1 aromatic heterocycles. The summed E-state index contributed by atoms with van der Waals surface area (Å²) in [5.74, 6) is -0.760. The smallest absolute Gasteiger partial charge is 0.416 e. The maximum Gasteiger partial charge on any atom is 0.416 e. The van der Waals surface area contributed by atoms with Crippen LogP contribution in [-0.4, -0.2) is 9.97 Å². The van der Waals surface area contributed by atoms with E-state index in [1.165, 1.54) is 12.1 Å². The van der Waals surface area contributed by atoms with Gasteiger partial charge in [0.2, 0.25) is 0 Å². The minimum Gasteiger partial charge on any atom is -0.459 e. The predicted molar refractivity (Wildman–Crippen MR) is 96.5 cm³/mol. The van der Waals surface area contributed by atoms with Crippen molar-refractivity contribution in [3.63, 3.8) is 0 Å². The lowest BCUT2D eigenvalue weighted by atomic mass is 10.1. The van der Waals surface area contributed by atoms with Crippen LogP contribution in [0.1, 0.15) is 16.7 Å². The highest BCUT2D eigenvalue weighted by molar-refractivity contribution is 6.30. The standard InChI is InChI=1S/C19H14ClF4N3O/c20-15-6-4-12(5-7-15)9-25-17-16(21)10-26-18(27-17)28-11-13-2-1-3-14(8-13)19(22,23)24/h1-8,10H,9,11H2,(H,25,26,27). The number of anilines is 1. The summed E-state index contributed by atoms with van der Waals surface area (Å²) in [6.45, 7) is 0.102. The van der Waals surface area contributed by atoms with Crippen molar-refractivity contribution in [3.8, 4) is 6.01 Å². The highest BCUT2D eigenvalue weighted by Gasteiger charge is 2.30. The molecule has 0 aliphatic carbocycles. The molecule has 28 heavy (non-hydrogen) atoms. The second kappa shape index (κ2) is 8.43. The Hall–Kier alpha value is -2.87. The van der Waals surface area contributed by atoms with Crippen molar-refractivity contribution in [1.82, 2.24) is 9.97 Å². The van der Waals surface area contributed by atoms with E-state index in [1.807, 2.05) is 0 Å². The van der Waals surface area contributed by atoms with Gasteiger partial charge in [-0.2, -0.15) is 18.2 Å². The first-order chi connectivity index (χ1) is 13.3. The van der Waals surface area contributed by atoms with Crippen LogP contribution in [-0.2, 0) is 19.3 Å². The molecule has 3 rings (SSSR count). The maximum atomic E-state index is 13.9. The number of hydrogen-bond donors (Lipinski definition) is 1. The third-order valence-corrected chi connectivity index (χ3v) is 3.97. The van der Waals surface area contributed by atoms with Gasteiger partial charge in [-0.1, -0.05) is 35.9 Å². The molecule has 0 bridgehead atoms. The van der Waals surface area contributed by atoms with Crippen LogP contribution in [0.2, 0.25) is 5.02 Å². The lowest BCUT2D eigenvalue weighted by Crippen LogP contribution is -2.08. The highest BCUT2D eigenvalue weighted by atomic mass is 35.5. The summed E-state index contributed by atoms with van der Waals surface area (Å²) in [7, 11) is 0. The summed E-state index contributed by atoms with van der Waals surface area (Å²) in [4.78, 5) is 7.63. The van der Waals surface area contributed by atoms with E-state index in [0.717, 1.165) is 23.9 Å². The number of alkyl halides is 3. The minimum absolute atomic E-state index is 0.0796. The Morgan fingerprint density at radius 2 is 1.79 bits per heavy atom. The molecule has 3 aromatic rings. The van der Waals surface area contributed by atoms with Gasteiger partial charge in [-0.3, -0.25) is 0 Å². The van der Waals surface area contributed by atoms with Gasteiger partial charge in [0.05, 0.1) is 11.8 Å². The van der Waals surface area contributed by atoms with Gasteiger partial charge in [0, 0.05) is 11.6 Å². The van der Waals surface area contributed by atoms with Crippen LogP contribution >= 0.6 is 11.6 Å². The first kappa shape index (κ1) is 19.9. The van der Waals surface area contributed by atoms with Gasteiger partial charge < -0.3 is 10.1 Å². The molecule has 146 valence electrons. The van der Waals surface area contributed by atoms with Crippen LogP contribution in [0.5, 0.6) is 6.01 Å². The maximum absolute atomic E-state index is 13.9. The van der Waals surface area contributed by atoms with E-state index in [9.17, 15) is 17.6 Å². The average molecular weight is 412 g/mol. The number of halogens is 5. The molecule has 0 aliphatic rings. The molecule has 0 atom stereocenters. The van der Waals surface area contributed by atoms with Crippen molar-refractivity contribution in [2.45, 2.75) is 19.3 Å². The van der Waals surface area contributed by atoms with Gasteiger partial charge >= 0.3 is 12.2 Å². The zero-order valence-electron chi connectivity index (χ0n) is 14.3. The summed E-state index contributed by atoms with van der Waals surface area (Å²) in [5, 5.41) is 3.40. The molecule has 0 amide bonds. The first-order valence-electron chi connectivity index (χ1n) is 8.11. The fraction of sp³-hybridized carbons (Fsp3) is 0.158. The van der Waals surface area contributed by atoms with Gasteiger partial charge in [0.15, 0.2) is 11.6 Å². The van der Waals surface area contributed by atoms with E-state index in [4.69, 9.17) is 16.3 Å². The quantitative estimate of drug-likeness (QED) is 0.546. The first-order valence-corrected chi connectivity index (χ1v) is 8.49. The SMILES string of the molecule is Fc1cnc(OCc2cccc(C(F)(F)F)c2)nc1NCc1ccc(Cl)cc1. The molecule has 0 fully saturated rings. The van der Waals surface area contributed by atoms with E-state index in [2.05, 4.69) is 15.3 Å². The number of nitrogens with zero attached hydrogens (tertiary/aromatic N) is 2. The molecule has 0 aliphatic heterocycles. The third kappa shape index (κ3) is 5.32. The van der Waals surface area contributed by atoms with Gasteiger partial charge in [0.25, 0.3) is 0 Å². The average Bonchev–Trinajstić information content (AvgIpc) is 2.67. The van der Waals surface area contributed by atoms with Crippen LogP contribution in [0.4, 0.5) is 23.4 Å². The summed E-state index contributed by atoms with van der Waals surface area (Å²) < 4.78 is 57.5. The van der Waals surface area contributed by atoms with Crippen molar-refractivity contribution in [2.75, 3.05) is 5.32 Å². The number of ether oxygens (including phenoxy) is 1. The van der Waals surface area contributed by atoms with Crippen LogP contribution in [0.25, 0.3) is 0 Å². The molecule has 0 unspecified atom stereocenters. The molecule has 2 aromatic carbocycles. The van der Waals surface area contributed by atoms with Crippen LogP contribution in [0.3, 0.4) is 0 Å². The molecule has 4 nitrogen and oxygen atoms in total. The third-order valence-electron chi connectivity index (χ3n) is 3.72. The summed E-state index contributed by atoms with van der Waals surface area (Å²) in [5.41, 5.74) is 0.367. The lowest BCUT2D eigenvalue weighted by molar-refractivity contribution is -0.137. The van der Waals surface area contributed by atoms with Gasteiger partial charge in [-0.15, -0.1) is 0 Å². The number of benzene rings is 2. The van der Waals surface area contributed by atoms with E-state index in [0.29, 0.717) is 10.6 Å². The molecule has 9 heteroatoms. The Labute approximate surface area is 163 Å². The molecular formula is C19H14ClF4N3O. The Balaban J connectivity index is 1.65. The molecule has 0 radical (unpaired) electrons. The number of nitrogens with one attached hydrogen (secondary N) is 1. The summed E-state index contributed by atoms with van der Waals surface area (Å²) in [6, 6.07) is 11.5. The zero-order valence-corrected chi connectivity index (χ0v) is 15.1. The lowest BCUT2D eigenvalue weighted by Gasteiger charge is -2.11. The molecule has 1 heterocycles. The molecule has 0 saturated heterocycles. The van der Waals surface area contributed by atoms with Crippen LogP contribution in [0.15, 0.2) is 54.7 Å². The van der Waals surface area contributed by atoms with Crippen molar-refractivity contribution >= 4 is 17.4 Å². The molecular weight excluding hydrogens is 398 g/mol. The second-order valence-corrected chi connectivity index (χ2v) is 6.25. The Morgan fingerprint density at radius 1 is 1.04 bits per heavy atom. The predicted octanol–water partition coefficient (Wildman–Crippen LogP) is 5.48. The van der Waals surface area contributed by atoms with E-state index in [-0.39, 0.29) is 25.0 Å². The Morgan fingerprint density at radius 3 is 2.50 bits per heavy atom. The fourth-order valence-electron chi connectivity index (χ4n) is 2.32. The van der Waals surface area contributed by atoms with Gasteiger partial charge in [-0.05, 0) is 35.4 Å². The number of hydrogen-bond acceptors (Lipinski definition) is 4. The van der Waals surface area contributed by atoms with Crippen molar-refractivity contribution < 1.29 is 22.3 Å². The molecule has 0 saturated carbocycles. The monoisotopic (exact) mass is 411 g/mol. The van der Waals surface area contributed by atoms with Gasteiger partial charge in [-0.25, -0.2) is 9.37 Å². The molecule has 1 N–H and O–H groups in total. The number of aromatic nitrogens is 2. The Bertz CT molecular complexity index is 949. The van der Waals surface area contributed by atoms with Gasteiger partial charge in [0.1, 0.15) is 6.61 Å². The Kier molecular flexibility index (Phi) is 5.99. The van der Waals surface area contributed by atoms with Crippen molar-refractivity contribution in [1.29, 1.82) is 0 Å². The van der Waals surface area contributed by atoms with Crippen molar-refractivity contribution in [3.05, 3.63) is 82.3 Å². The largest absolute Gasteiger partial charge is 0.459 e. The van der Waals surface area contributed by atoms with E-state index < -0.39 is 17.6 Å².